The molecule has 0 aliphatic carbocycles. The van der Waals surface area contributed by atoms with Gasteiger partial charge < -0.3 is 29.3 Å². The summed E-state index contributed by atoms with van der Waals surface area (Å²) in [6.07, 6.45) is 3.60. The second kappa shape index (κ2) is 13.5. The van der Waals surface area contributed by atoms with Crippen LogP contribution in [0.15, 0.2) is 46.0 Å². The number of hydrogen-bond donors (Lipinski definition) is 2. The van der Waals surface area contributed by atoms with E-state index in [1.807, 2.05) is 12.1 Å². The van der Waals surface area contributed by atoms with Crippen LogP contribution in [0.25, 0.3) is 0 Å². The smallest absolute Gasteiger partial charge is 0.191 e. The van der Waals surface area contributed by atoms with Crippen LogP contribution >= 0.6 is 24.0 Å². The predicted octanol–water partition coefficient (Wildman–Crippen LogP) is 3.65. The summed E-state index contributed by atoms with van der Waals surface area (Å²) in [5, 5.41) is 6.67. The fourth-order valence-corrected chi connectivity index (χ4v) is 3.05. The van der Waals surface area contributed by atoms with E-state index in [-0.39, 0.29) is 30.1 Å². The highest BCUT2D eigenvalue weighted by Gasteiger charge is 2.18. The number of aliphatic imine (C=N–C) groups is 1. The molecule has 7 nitrogen and oxygen atoms in total. The van der Waals surface area contributed by atoms with Gasteiger partial charge in [-0.15, -0.1) is 24.0 Å². The molecule has 1 aromatic carbocycles. The Kier molecular flexibility index (Phi) is 11.0. The summed E-state index contributed by atoms with van der Waals surface area (Å²) in [5.41, 5.74) is 2.28. The van der Waals surface area contributed by atoms with E-state index in [4.69, 9.17) is 18.6 Å². The molecule has 0 saturated carbocycles. The van der Waals surface area contributed by atoms with Gasteiger partial charge in [-0.3, -0.25) is 4.99 Å². The van der Waals surface area contributed by atoms with Gasteiger partial charge in [0.25, 0.3) is 0 Å². The molecule has 0 bridgehead atoms. The van der Waals surface area contributed by atoms with Crippen molar-refractivity contribution in [1.29, 1.82) is 0 Å². The van der Waals surface area contributed by atoms with Crippen molar-refractivity contribution in [3.63, 3.8) is 0 Å². The number of nitrogens with zero attached hydrogens (tertiary/aromatic N) is 1. The summed E-state index contributed by atoms with van der Waals surface area (Å²) >= 11 is 0. The Balaban J connectivity index is 0.00000320. The lowest BCUT2D eigenvalue weighted by molar-refractivity contribution is 0.105. The van der Waals surface area contributed by atoms with Crippen LogP contribution in [-0.4, -0.2) is 45.5 Å². The van der Waals surface area contributed by atoms with E-state index in [0.29, 0.717) is 26.4 Å². The van der Waals surface area contributed by atoms with Gasteiger partial charge in [0.1, 0.15) is 24.2 Å². The Morgan fingerprint density at radius 2 is 2.17 bits per heavy atom. The van der Waals surface area contributed by atoms with Gasteiger partial charge in [-0.2, -0.15) is 0 Å². The largest absolute Gasteiger partial charge is 0.488 e. The monoisotopic (exact) mass is 529 g/mol. The molecule has 2 aromatic rings. The minimum atomic E-state index is 0. The average molecular weight is 529 g/mol. The number of nitrogens with one attached hydrogen (secondary N) is 2. The Morgan fingerprint density at radius 3 is 2.90 bits per heavy atom. The van der Waals surface area contributed by atoms with E-state index in [0.717, 1.165) is 49.0 Å². The maximum Gasteiger partial charge on any atom is 0.191 e. The third-order valence-electron chi connectivity index (χ3n) is 4.66. The molecule has 2 N–H and O–H groups in total. The zero-order chi connectivity index (χ0) is 20.3. The molecular weight excluding hydrogens is 497 g/mol. The van der Waals surface area contributed by atoms with Crippen molar-refractivity contribution >= 4 is 29.9 Å². The van der Waals surface area contributed by atoms with Crippen LogP contribution < -0.4 is 15.4 Å². The van der Waals surface area contributed by atoms with Crippen molar-refractivity contribution < 1.29 is 18.6 Å². The van der Waals surface area contributed by atoms with E-state index in [2.05, 4.69) is 40.7 Å². The standard InChI is InChI=1S/C22H31N3O4.HI/c1-17-6-7-18(21(13-17)29-20-8-12-27-16-20)14-25-22(23-2)24-9-4-10-26-15-19-5-3-11-28-19;/h3,5-7,11,13,20H,4,8-10,12,14-16H2,1-2H3,(H2,23,24,25);1H. The molecule has 8 heteroatoms. The maximum atomic E-state index is 6.16. The number of guanidine groups is 1. The first-order valence-electron chi connectivity index (χ1n) is 10.1. The van der Waals surface area contributed by atoms with Crippen molar-refractivity contribution in [2.75, 3.05) is 33.4 Å². The van der Waals surface area contributed by atoms with Crippen LogP contribution in [0.5, 0.6) is 5.75 Å². The minimum absolute atomic E-state index is 0. The molecule has 3 rings (SSSR count). The summed E-state index contributed by atoms with van der Waals surface area (Å²) in [5.74, 6) is 2.51. The Bertz CT molecular complexity index is 762. The van der Waals surface area contributed by atoms with Gasteiger partial charge >= 0.3 is 0 Å². The molecule has 0 spiro atoms. The third-order valence-corrected chi connectivity index (χ3v) is 4.66. The zero-order valence-electron chi connectivity index (χ0n) is 17.7. The van der Waals surface area contributed by atoms with Crippen LogP contribution in [-0.2, 0) is 22.6 Å². The highest BCUT2D eigenvalue weighted by atomic mass is 127. The van der Waals surface area contributed by atoms with Gasteiger partial charge in [-0.05, 0) is 37.1 Å². The normalized spacial score (nSPS) is 16.2. The second-order valence-electron chi connectivity index (χ2n) is 7.05. The van der Waals surface area contributed by atoms with Crippen LogP contribution in [0, 0.1) is 6.92 Å². The Morgan fingerprint density at radius 1 is 1.27 bits per heavy atom. The zero-order valence-corrected chi connectivity index (χ0v) is 20.0. The average Bonchev–Trinajstić information content (AvgIpc) is 3.42. The van der Waals surface area contributed by atoms with Gasteiger partial charge in [-0.25, -0.2) is 0 Å². The first-order chi connectivity index (χ1) is 14.2. The van der Waals surface area contributed by atoms with E-state index in [1.54, 1.807) is 13.3 Å². The first kappa shape index (κ1) is 24.5. The number of halogens is 1. The van der Waals surface area contributed by atoms with Gasteiger partial charge in [0, 0.05) is 38.7 Å². The van der Waals surface area contributed by atoms with E-state index in [9.17, 15) is 0 Å². The molecular formula is C22H32IN3O4. The topological polar surface area (TPSA) is 77.3 Å². The number of rotatable bonds is 10. The lowest BCUT2D eigenvalue weighted by Crippen LogP contribution is -2.37. The lowest BCUT2D eigenvalue weighted by Gasteiger charge is -2.18. The molecule has 30 heavy (non-hydrogen) atoms. The van der Waals surface area contributed by atoms with Crippen molar-refractivity contribution in [3.8, 4) is 5.75 Å². The highest BCUT2D eigenvalue weighted by Crippen LogP contribution is 2.23. The SMILES string of the molecule is CN=C(NCCCOCc1ccco1)NCc1ccc(C)cc1OC1CCOC1.I. The number of furan rings is 1. The van der Waals surface area contributed by atoms with Crippen LogP contribution in [0.1, 0.15) is 29.7 Å². The van der Waals surface area contributed by atoms with Crippen LogP contribution in [0.2, 0.25) is 0 Å². The quantitative estimate of drug-likeness (QED) is 0.212. The fraction of sp³-hybridized carbons (Fsp3) is 0.500. The summed E-state index contributed by atoms with van der Waals surface area (Å²) < 4.78 is 22.4. The van der Waals surface area contributed by atoms with Gasteiger partial charge in [0.05, 0.1) is 19.5 Å². The maximum absolute atomic E-state index is 6.16. The van der Waals surface area contributed by atoms with Gasteiger partial charge in [-0.1, -0.05) is 12.1 Å². The lowest BCUT2D eigenvalue weighted by atomic mass is 10.1. The number of ether oxygens (including phenoxy) is 3. The van der Waals surface area contributed by atoms with E-state index in [1.165, 1.54) is 5.56 Å². The Labute approximate surface area is 195 Å². The third kappa shape index (κ3) is 8.16. The summed E-state index contributed by atoms with van der Waals surface area (Å²) in [6, 6.07) is 10.1. The molecule has 1 aliphatic rings. The summed E-state index contributed by atoms with van der Waals surface area (Å²) in [4.78, 5) is 4.29. The predicted molar refractivity (Wildman–Crippen MR) is 128 cm³/mol. The van der Waals surface area contributed by atoms with Gasteiger partial charge in [0.2, 0.25) is 0 Å². The van der Waals surface area contributed by atoms with E-state index < -0.39 is 0 Å². The van der Waals surface area contributed by atoms with E-state index >= 15 is 0 Å². The van der Waals surface area contributed by atoms with Gasteiger partial charge in [0.15, 0.2) is 5.96 Å². The molecule has 166 valence electrons. The van der Waals surface area contributed by atoms with Crippen LogP contribution in [0.4, 0.5) is 0 Å². The fourth-order valence-electron chi connectivity index (χ4n) is 3.05. The minimum Gasteiger partial charge on any atom is -0.488 e. The Hall–Kier alpha value is -1.78. The number of hydrogen-bond acceptors (Lipinski definition) is 5. The molecule has 2 heterocycles. The molecule has 0 radical (unpaired) electrons. The molecule has 1 aliphatic heterocycles. The first-order valence-corrected chi connectivity index (χ1v) is 10.1. The molecule has 1 aromatic heterocycles. The number of aryl methyl sites for hydroxylation is 1. The summed E-state index contributed by atoms with van der Waals surface area (Å²) in [6.45, 7) is 6.07. The van der Waals surface area contributed by atoms with Crippen molar-refractivity contribution in [3.05, 3.63) is 53.5 Å². The van der Waals surface area contributed by atoms with Crippen molar-refractivity contribution in [2.45, 2.75) is 39.0 Å². The van der Waals surface area contributed by atoms with Crippen molar-refractivity contribution in [2.24, 2.45) is 4.99 Å². The summed E-state index contributed by atoms with van der Waals surface area (Å²) in [7, 11) is 1.77. The molecule has 0 amide bonds. The van der Waals surface area contributed by atoms with Crippen LogP contribution in [0.3, 0.4) is 0 Å². The molecule has 1 fully saturated rings. The van der Waals surface area contributed by atoms with Crippen molar-refractivity contribution in [1.82, 2.24) is 10.6 Å². The molecule has 1 atom stereocenters. The molecule has 1 saturated heterocycles. The second-order valence-corrected chi connectivity index (χ2v) is 7.05. The molecule has 1 unspecified atom stereocenters. The number of benzene rings is 1. The highest BCUT2D eigenvalue weighted by molar-refractivity contribution is 14.0.